The molecule has 2 rings (SSSR count). The molecule has 20 heavy (non-hydrogen) atoms. The van der Waals surface area contributed by atoms with Gasteiger partial charge in [0.15, 0.2) is 0 Å². The Bertz CT molecular complexity index is 438. The summed E-state index contributed by atoms with van der Waals surface area (Å²) in [6.07, 6.45) is 1.04. The van der Waals surface area contributed by atoms with Crippen LogP contribution in [-0.4, -0.2) is 23.6 Å². The quantitative estimate of drug-likeness (QED) is 0.877. The van der Waals surface area contributed by atoms with Crippen molar-refractivity contribution in [2.24, 2.45) is 5.92 Å². The van der Waals surface area contributed by atoms with E-state index in [9.17, 15) is 4.79 Å². The second-order valence-electron chi connectivity index (χ2n) is 5.60. The Morgan fingerprint density at radius 1 is 1.40 bits per heavy atom. The van der Waals surface area contributed by atoms with Crippen molar-refractivity contribution >= 4 is 17.7 Å². The van der Waals surface area contributed by atoms with Gasteiger partial charge < -0.3 is 5.32 Å². The highest BCUT2D eigenvalue weighted by atomic mass is 32.2. The monoisotopic (exact) mass is 292 g/mol. The van der Waals surface area contributed by atoms with Crippen LogP contribution in [0.3, 0.4) is 0 Å². The first-order valence-corrected chi connectivity index (χ1v) is 8.47. The molecule has 1 amide bonds. The van der Waals surface area contributed by atoms with Crippen LogP contribution in [-0.2, 0) is 11.2 Å². The van der Waals surface area contributed by atoms with Crippen LogP contribution in [0.1, 0.15) is 37.9 Å². The minimum Gasteiger partial charge on any atom is -0.348 e. The zero-order valence-corrected chi connectivity index (χ0v) is 13.3. The molecule has 1 aliphatic rings. The van der Waals surface area contributed by atoms with Gasteiger partial charge in [-0.3, -0.25) is 10.1 Å². The van der Waals surface area contributed by atoms with E-state index in [1.165, 1.54) is 11.1 Å². The van der Waals surface area contributed by atoms with Gasteiger partial charge in [-0.1, -0.05) is 45.0 Å². The Kier molecular flexibility index (Phi) is 5.49. The van der Waals surface area contributed by atoms with Gasteiger partial charge in [-0.25, -0.2) is 0 Å². The third-order valence-electron chi connectivity index (χ3n) is 3.74. The molecule has 1 fully saturated rings. The number of benzene rings is 1. The van der Waals surface area contributed by atoms with Crippen molar-refractivity contribution in [3.8, 4) is 0 Å². The third kappa shape index (κ3) is 3.76. The fourth-order valence-corrected chi connectivity index (χ4v) is 3.35. The number of hydrogen-bond acceptors (Lipinski definition) is 3. The smallest absolute Gasteiger partial charge is 0.238 e. The van der Waals surface area contributed by atoms with Gasteiger partial charge in [-0.15, -0.1) is 11.8 Å². The van der Waals surface area contributed by atoms with E-state index in [4.69, 9.17) is 0 Å². The molecule has 0 aromatic heterocycles. The second kappa shape index (κ2) is 7.14. The first-order valence-electron chi connectivity index (χ1n) is 7.32. The molecular weight excluding hydrogens is 268 g/mol. The Balaban J connectivity index is 2.07. The van der Waals surface area contributed by atoms with Crippen molar-refractivity contribution in [2.45, 2.75) is 39.3 Å². The standard InChI is InChI=1S/C16H24N2OS/c1-4-12-5-7-13(8-6-12)15(11(2)3)18-16(19)14-9-20-10-17-14/h5-8,11,14-15,17H,4,9-10H2,1-3H3,(H,18,19). The molecule has 1 aromatic rings. The maximum atomic E-state index is 12.3. The van der Waals surface area contributed by atoms with Crippen molar-refractivity contribution in [3.63, 3.8) is 0 Å². The Morgan fingerprint density at radius 2 is 2.10 bits per heavy atom. The molecule has 0 saturated carbocycles. The van der Waals surface area contributed by atoms with Crippen LogP contribution >= 0.6 is 11.8 Å². The average Bonchev–Trinajstić information content (AvgIpc) is 2.98. The van der Waals surface area contributed by atoms with E-state index in [1.807, 2.05) is 0 Å². The molecule has 0 bridgehead atoms. The lowest BCUT2D eigenvalue weighted by atomic mass is 9.94. The molecule has 2 N–H and O–H groups in total. The van der Waals surface area contributed by atoms with Crippen LogP contribution in [0.4, 0.5) is 0 Å². The lowest BCUT2D eigenvalue weighted by Crippen LogP contribution is -2.44. The number of nitrogens with one attached hydrogen (secondary N) is 2. The van der Waals surface area contributed by atoms with Crippen LogP contribution in [0.15, 0.2) is 24.3 Å². The van der Waals surface area contributed by atoms with Crippen molar-refractivity contribution in [1.29, 1.82) is 0 Å². The molecule has 3 nitrogen and oxygen atoms in total. The molecule has 1 saturated heterocycles. The lowest BCUT2D eigenvalue weighted by Gasteiger charge is -2.24. The summed E-state index contributed by atoms with van der Waals surface area (Å²) in [6.45, 7) is 6.45. The van der Waals surface area contributed by atoms with E-state index < -0.39 is 0 Å². The number of rotatable bonds is 5. The predicted molar refractivity (Wildman–Crippen MR) is 85.8 cm³/mol. The summed E-state index contributed by atoms with van der Waals surface area (Å²) in [7, 11) is 0. The van der Waals surface area contributed by atoms with Crippen LogP contribution in [0.25, 0.3) is 0 Å². The summed E-state index contributed by atoms with van der Waals surface area (Å²) in [6, 6.07) is 8.62. The number of hydrogen-bond donors (Lipinski definition) is 2. The largest absolute Gasteiger partial charge is 0.348 e. The number of amides is 1. The molecule has 1 aliphatic heterocycles. The fourth-order valence-electron chi connectivity index (χ4n) is 2.41. The van der Waals surface area contributed by atoms with Crippen molar-refractivity contribution in [2.75, 3.05) is 11.6 Å². The topological polar surface area (TPSA) is 41.1 Å². The first kappa shape index (κ1) is 15.4. The molecule has 2 atom stereocenters. The predicted octanol–water partition coefficient (Wildman–Crippen LogP) is 2.72. The van der Waals surface area contributed by atoms with Gasteiger partial charge in [0.1, 0.15) is 0 Å². The Labute approximate surface area is 125 Å². The van der Waals surface area contributed by atoms with Gasteiger partial charge in [-0.2, -0.15) is 0 Å². The number of aryl methyl sites for hydroxylation is 1. The van der Waals surface area contributed by atoms with Gasteiger partial charge in [0.2, 0.25) is 5.91 Å². The van der Waals surface area contributed by atoms with E-state index in [0.29, 0.717) is 5.92 Å². The number of carbonyl (C=O) groups is 1. The van der Waals surface area contributed by atoms with Gasteiger partial charge in [0.25, 0.3) is 0 Å². The van der Waals surface area contributed by atoms with Crippen molar-refractivity contribution in [3.05, 3.63) is 35.4 Å². The molecule has 2 unspecified atom stereocenters. The highest BCUT2D eigenvalue weighted by Gasteiger charge is 2.26. The summed E-state index contributed by atoms with van der Waals surface area (Å²) in [5.74, 6) is 2.23. The summed E-state index contributed by atoms with van der Waals surface area (Å²) in [5, 5.41) is 6.42. The van der Waals surface area contributed by atoms with Gasteiger partial charge in [0, 0.05) is 11.6 Å². The lowest BCUT2D eigenvalue weighted by molar-refractivity contribution is -0.123. The molecular formula is C16H24N2OS. The van der Waals surface area contributed by atoms with Gasteiger partial charge >= 0.3 is 0 Å². The maximum absolute atomic E-state index is 12.3. The third-order valence-corrected chi connectivity index (χ3v) is 4.68. The van der Waals surface area contributed by atoms with Crippen molar-refractivity contribution in [1.82, 2.24) is 10.6 Å². The number of thioether (sulfide) groups is 1. The normalized spacial score (nSPS) is 20.1. The molecule has 110 valence electrons. The fraction of sp³-hybridized carbons (Fsp3) is 0.562. The Morgan fingerprint density at radius 3 is 2.60 bits per heavy atom. The summed E-state index contributed by atoms with van der Waals surface area (Å²) in [4.78, 5) is 12.3. The average molecular weight is 292 g/mol. The molecule has 1 aromatic carbocycles. The molecule has 0 aliphatic carbocycles. The van der Waals surface area contributed by atoms with E-state index in [-0.39, 0.29) is 18.0 Å². The van der Waals surface area contributed by atoms with Gasteiger partial charge in [-0.05, 0) is 23.5 Å². The number of carbonyl (C=O) groups excluding carboxylic acids is 1. The second-order valence-corrected chi connectivity index (χ2v) is 6.63. The van der Waals surface area contributed by atoms with E-state index >= 15 is 0 Å². The van der Waals surface area contributed by atoms with Crippen LogP contribution in [0.2, 0.25) is 0 Å². The molecule has 4 heteroatoms. The van der Waals surface area contributed by atoms with E-state index in [1.54, 1.807) is 11.8 Å². The van der Waals surface area contributed by atoms with E-state index in [0.717, 1.165) is 18.1 Å². The zero-order chi connectivity index (χ0) is 14.5. The minimum atomic E-state index is -0.0452. The Hall–Kier alpha value is -1.00. The van der Waals surface area contributed by atoms with Crippen LogP contribution in [0, 0.1) is 5.92 Å². The molecule has 1 heterocycles. The maximum Gasteiger partial charge on any atom is 0.238 e. The van der Waals surface area contributed by atoms with Crippen LogP contribution in [0.5, 0.6) is 0 Å². The highest BCUT2D eigenvalue weighted by Crippen LogP contribution is 2.23. The van der Waals surface area contributed by atoms with E-state index in [2.05, 4.69) is 55.7 Å². The summed E-state index contributed by atoms with van der Waals surface area (Å²) < 4.78 is 0. The van der Waals surface area contributed by atoms with Gasteiger partial charge in [0.05, 0.1) is 12.1 Å². The van der Waals surface area contributed by atoms with Crippen LogP contribution < -0.4 is 10.6 Å². The van der Waals surface area contributed by atoms with Crippen molar-refractivity contribution < 1.29 is 4.79 Å². The minimum absolute atomic E-state index is 0.0452. The highest BCUT2D eigenvalue weighted by molar-refractivity contribution is 7.99. The molecule has 0 radical (unpaired) electrons. The molecule has 0 spiro atoms. The summed E-state index contributed by atoms with van der Waals surface area (Å²) in [5.41, 5.74) is 2.52. The zero-order valence-electron chi connectivity index (χ0n) is 12.5. The summed E-state index contributed by atoms with van der Waals surface area (Å²) >= 11 is 1.77. The first-order chi connectivity index (χ1) is 9.61. The SMILES string of the molecule is CCc1ccc(C(NC(=O)C2CSCN2)C(C)C)cc1.